The molecule has 8 rings (SSSR count). The van der Waals surface area contributed by atoms with Gasteiger partial charge in [0.15, 0.2) is 36.5 Å². The van der Waals surface area contributed by atoms with Crippen LogP contribution in [0.2, 0.25) is 0 Å². The lowest BCUT2D eigenvalue weighted by Gasteiger charge is -2.17. The van der Waals surface area contributed by atoms with E-state index in [1.165, 1.54) is 78.3 Å². The quantitative estimate of drug-likeness (QED) is 0.0888. The van der Waals surface area contributed by atoms with Gasteiger partial charge in [0.25, 0.3) is 0 Å². The first-order valence-electron chi connectivity index (χ1n) is 20.8. The van der Waals surface area contributed by atoms with Crippen molar-refractivity contribution in [2.45, 2.75) is 76.6 Å². The van der Waals surface area contributed by atoms with E-state index in [9.17, 15) is 0 Å². The average Bonchev–Trinajstić information content (AvgIpc) is 3.30. The van der Waals surface area contributed by atoms with Crippen molar-refractivity contribution in [1.29, 1.82) is 0 Å². The highest BCUT2D eigenvalue weighted by Gasteiger charge is 2.30. The minimum absolute atomic E-state index is 0.144. The van der Waals surface area contributed by atoms with Gasteiger partial charge in [0.2, 0.25) is 0 Å². The Morgan fingerprint density at radius 1 is 0.264 bits per heavy atom. The van der Waals surface area contributed by atoms with E-state index in [1.54, 1.807) is 0 Å². The van der Waals surface area contributed by atoms with E-state index in [1.807, 2.05) is 23.5 Å². The zero-order chi connectivity index (χ0) is 52.6. The van der Waals surface area contributed by atoms with Crippen molar-refractivity contribution in [3.8, 4) is 0 Å². The molecule has 0 saturated heterocycles. The molecule has 0 aliphatic rings. The molecular formula is C52H44Cl3IO12S4. The van der Waals surface area contributed by atoms with Crippen molar-refractivity contribution in [1.82, 2.24) is 0 Å². The zero-order valence-electron chi connectivity index (χ0n) is 38.5. The van der Waals surface area contributed by atoms with E-state index in [0.29, 0.717) is 0 Å². The van der Waals surface area contributed by atoms with Gasteiger partial charge in [-0.3, -0.25) is 0 Å². The summed E-state index contributed by atoms with van der Waals surface area (Å²) in [5.74, 6) is 0. The first-order chi connectivity index (χ1) is 33.8. The maximum Gasteiger partial charge on any atom is 0.357 e. The summed E-state index contributed by atoms with van der Waals surface area (Å²) in [6.07, 6.45) is 0. The molecule has 0 bridgehead atoms. The lowest BCUT2D eigenvalue weighted by Crippen LogP contribution is -3.61. The van der Waals surface area contributed by atoms with Crippen molar-refractivity contribution < 1.29 is 108 Å². The molecule has 0 saturated carbocycles. The molecule has 0 unspecified atom stereocenters. The molecule has 8 aromatic carbocycles. The summed E-state index contributed by atoms with van der Waals surface area (Å²) in [5.41, 5.74) is 5.16. The Labute approximate surface area is 449 Å². The van der Waals surface area contributed by atoms with Gasteiger partial charge in [-0.25, -0.2) is 55.9 Å². The Morgan fingerprint density at radius 3 is 0.597 bits per heavy atom. The van der Waals surface area contributed by atoms with Crippen molar-refractivity contribution in [2.24, 2.45) is 0 Å². The highest BCUT2D eigenvalue weighted by molar-refractivity contribution is 7.99. The van der Waals surface area contributed by atoms with Crippen LogP contribution in [0, 0.1) is 65.6 Å². The Balaban J connectivity index is 0.000000563. The third-order valence-electron chi connectivity index (χ3n) is 9.46. The molecule has 0 fully saturated rings. The molecule has 72 heavy (non-hydrogen) atoms. The molecule has 0 aliphatic heterocycles. The molecule has 0 heterocycles. The van der Waals surface area contributed by atoms with Gasteiger partial charge in [0.05, 0.1) is 21.8 Å². The topological polar surface area (TPSA) is 277 Å². The van der Waals surface area contributed by atoms with E-state index < -0.39 is 30.7 Å². The third kappa shape index (κ3) is 22.4. The molecule has 0 N–H and O–H groups in total. The van der Waals surface area contributed by atoms with Crippen LogP contribution in [0.25, 0.3) is 0 Å². The van der Waals surface area contributed by atoms with Gasteiger partial charge in [-0.15, -0.1) is 30.7 Å². The van der Waals surface area contributed by atoms with Crippen LogP contribution in [-0.4, -0.2) is 0 Å². The smallest absolute Gasteiger partial charge is 0.222 e. The summed E-state index contributed by atoms with van der Waals surface area (Å²) >= 11 is 3.41. The average molecular weight is 1220 g/mol. The minimum atomic E-state index is -4.94. The predicted molar refractivity (Wildman–Crippen MR) is 240 cm³/mol. The predicted octanol–water partition coefficient (Wildman–Crippen LogP) is -2.73. The van der Waals surface area contributed by atoms with E-state index >= 15 is 0 Å². The Hall–Kier alpha value is -3.72. The zero-order valence-corrected chi connectivity index (χ0v) is 46.2. The minimum Gasteiger partial charge on any atom is -0.222 e. The number of aryl methyl sites for hydroxylation is 4. The van der Waals surface area contributed by atoms with Crippen LogP contribution in [0.3, 0.4) is 0 Å². The van der Waals surface area contributed by atoms with Crippen molar-refractivity contribution >= 4 is 45.3 Å². The summed E-state index contributed by atoms with van der Waals surface area (Å²) in [5, 5.41) is 0. The Morgan fingerprint density at radius 2 is 0.417 bits per heavy atom. The second-order valence-electron chi connectivity index (χ2n) is 15.1. The number of hydrogen-bond donors (Lipinski definition) is 0. The molecule has 376 valence electrons. The van der Waals surface area contributed by atoms with Gasteiger partial charge in [0.1, 0.15) is 0 Å². The Kier molecular flexibility index (Phi) is 22.8. The summed E-state index contributed by atoms with van der Waals surface area (Å²) in [6, 6.07) is 72.9. The monoisotopic (exact) mass is 1220 g/mol. The van der Waals surface area contributed by atoms with Crippen LogP contribution in [0.15, 0.2) is 243 Å². The normalized spacial score (nSPS) is 11.5. The maximum atomic E-state index is 8.49. The van der Waals surface area contributed by atoms with Crippen LogP contribution in [0.4, 0.5) is 0 Å². The summed E-state index contributed by atoms with van der Waals surface area (Å²) in [7, 11) is -15.1. The molecule has 0 radical (unpaired) electrons. The van der Waals surface area contributed by atoms with Gasteiger partial charge in [-0.05, 0) is 173 Å². The van der Waals surface area contributed by atoms with E-state index in [2.05, 4.69) is 222 Å². The number of benzene rings is 8. The highest BCUT2D eigenvalue weighted by atomic mass is 127. The number of hydrogen-bond acceptors (Lipinski definition) is 14. The van der Waals surface area contributed by atoms with E-state index in [-0.39, 0.29) is 43.0 Å². The lowest BCUT2D eigenvalue weighted by molar-refractivity contribution is -2.00. The van der Waals surface area contributed by atoms with Gasteiger partial charge in [-0.2, -0.15) is 0 Å². The molecule has 12 nitrogen and oxygen atoms in total. The van der Waals surface area contributed by atoms with E-state index in [4.69, 9.17) is 55.9 Å². The first kappa shape index (κ1) is 59.2. The number of rotatable bonds is 12. The van der Waals surface area contributed by atoms with Gasteiger partial charge in [-0.1, -0.05) is 94.3 Å². The standard InChI is InChI=1S/C52H44IS4.3ClHO4/c1-37-5-25-47(26-6-37)56(48-27-7-38(2)8-28-48)51-33-21-45(22-34-51)54-43-17-13-41(14-18-43)53-42-15-19-44(20-16-42)55-46-23-35-52(36-24-46)57(49-29-9-39(3)10-30-49)50-31-11-40(4)12-32-50;3*2-1(3,4)5/h5-36H,1-4H3;3*(H,2,3,4,5)/q+3;;;/p-3. The summed E-state index contributed by atoms with van der Waals surface area (Å²) < 4.78 is 105. The van der Waals surface area contributed by atoms with Crippen LogP contribution in [0.5, 0.6) is 0 Å². The molecule has 0 amide bonds. The highest BCUT2D eigenvalue weighted by Crippen LogP contribution is 2.36. The summed E-state index contributed by atoms with van der Waals surface area (Å²) in [6.45, 7) is 8.62. The SMILES string of the molecule is Cc1ccc([S+](c2ccc(C)cc2)c2ccc(Sc3ccc([I+]c4ccc(Sc5ccc([S+](c6ccc(C)cc6)c6ccc(C)cc6)cc5)cc4)cc3)cc2)cc1.[O-][Cl+3]([O-])([O-])[O-].[O-][Cl+3]([O-])([O-])[O-].[O-][Cl+3]([O-])([O-])[O-]. The largest absolute Gasteiger partial charge is 0.357 e. The molecule has 0 aromatic heterocycles. The van der Waals surface area contributed by atoms with Crippen molar-refractivity contribution in [3.63, 3.8) is 0 Å². The first-order valence-corrected chi connectivity index (χ1v) is 30.8. The molecule has 20 heteroatoms. The number of halogens is 4. The molecule has 0 atom stereocenters. The van der Waals surface area contributed by atoms with Gasteiger partial charge >= 0.3 is 21.2 Å². The molecule has 0 spiro atoms. The lowest BCUT2D eigenvalue weighted by atomic mass is 10.2. The van der Waals surface area contributed by atoms with Crippen molar-refractivity contribution in [2.75, 3.05) is 0 Å². The maximum absolute atomic E-state index is 8.49. The van der Waals surface area contributed by atoms with Crippen LogP contribution in [-0.2, 0) is 21.8 Å². The Bertz CT molecular complexity index is 2550. The van der Waals surface area contributed by atoms with Crippen LogP contribution >= 0.6 is 23.5 Å². The third-order valence-corrected chi connectivity index (χ3v) is 18.6. The fourth-order valence-electron chi connectivity index (χ4n) is 6.33. The molecular weight excluding hydrogens is 1180 g/mol. The fraction of sp³-hybridized carbons (Fsp3) is 0.0769. The second kappa shape index (κ2) is 27.7. The second-order valence-corrected chi connectivity index (χ2v) is 26.8. The molecule has 0 aliphatic carbocycles. The molecule has 8 aromatic rings. The summed E-state index contributed by atoms with van der Waals surface area (Å²) in [4.78, 5) is 13.2. The van der Waals surface area contributed by atoms with Gasteiger partial charge in [0, 0.05) is 19.6 Å². The van der Waals surface area contributed by atoms with Gasteiger partial charge < -0.3 is 0 Å². The fourth-order valence-corrected chi connectivity index (χ4v) is 14.2. The van der Waals surface area contributed by atoms with Crippen molar-refractivity contribution in [3.05, 3.63) is 224 Å². The van der Waals surface area contributed by atoms with E-state index in [0.717, 1.165) is 0 Å². The van der Waals surface area contributed by atoms with Crippen LogP contribution in [0.1, 0.15) is 22.3 Å². The van der Waals surface area contributed by atoms with Crippen LogP contribution < -0.4 is 77.1 Å².